The molecule has 1 saturated heterocycles. The molecular weight excluding hydrogens is 314 g/mol. The second kappa shape index (κ2) is 7.06. The number of hydrogen-bond acceptors (Lipinski definition) is 3. The third-order valence-corrected chi connectivity index (χ3v) is 5.38. The smallest absolute Gasteiger partial charge is 0.226 e. The van der Waals surface area contributed by atoms with Crippen molar-refractivity contribution in [3.05, 3.63) is 29.3 Å². The van der Waals surface area contributed by atoms with Gasteiger partial charge in [0.2, 0.25) is 11.8 Å². The Morgan fingerprint density at radius 1 is 1.08 bits per heavy atom. The number of amides is 2. The molecule has 2 aliphatic rings. The molecule has 0 aromatic heterocycles. The summed E-state index contributed by atoms with van der Waals surface area (Å²) >= 11 is 0. The lowest BCUT2D eigenvalue weighted by Crippen LogP contribution is -2.49. The van der Waals surface area contributed by atoms with Gasteiger partial charge in [-0.2, -0.15) is 0 Å². The molecule has 0 radical (unpaired) electrons. The number of piperazine rings is 1. The van der Waals surface area contributed by atoms with E-state index in [1.54, 1.807) is 0 Å². The Labute approximate surface area is 150 Å². The van der Waals surface area contributed by atoms with Gasteiger partial charge in [-0.15, -0.1) is 0 Å². The highest BCUT2D eigenvalue weighted by atomic mass is 16.2. The summed E-state index contributed by atoms with van der Waals surface area (Å²) in [7, 11) is 0. The SMILES string of the molecule is Cc1cccc(N2CCN(C(=O)C3CC3C(=O)NC(C)C)CC2)c1C. The van der Waals surface area contributed by atoms with Crippen LogP contribution >= 0.6 is 0 Å². The van der Waals surface area contributed by atoms with Crippen molar-refractivity contribution in [3.8, 4) is 0 Å². The quantitative estimate of drug-likeness (QED) is 0.911. The molecule has 1 heterocycles. The van der Waals surface area contributed by atoms with Crippen molar-refractivity contribution >= 4 is 17.5 Å². The average Bonchev–Trinajstić information content (AvgIpc) is 3.37. The first kappa shape index (κ1) is 17.8. The Kier molecular flexibility index (Phi) is 5.02. The van der Waals surface area contributed by atoms with Crippen LogP contribution in [0.4, 0.5) is 5.69 Å². The minimum Gasteiger partial charge on any atom is -0.368 e. The van der Waals surface area contributed by atoms with Gasteiger partial charge in [0.1, 0.15) is 0 Å². The molecule has 1 aliphatic carbocycles. The van der Waals surface area contributed by atoms with Crippen LogP contribution in [0.5, 0.6) is 0 Å². The van der Waals surface area contributed by atoms with Gasteiger partial charge in [-0.05, 0) is 51.3 Å². The topological polar surface area (TPSA) is 52.7 Å². The van der Waals surface area contributed by atoms with Gasteiger partial charge in [0.25, 0.3) is 0 Å². The average molecular weight is 343 g/mol. The van der Waals surface area contributed by atoms with E-state index in [-0.39, 0.29) is 29.7 Å². The molecule has 1 saturated carbocycles. The molecule has 1 aliphatic heterocycles. The zero-order chi connectivity index (χ0) is 18.1. The van der Waals surface area contributed by atoms with E-state index in [2.05, 4.69) is 42.3 Å². The third-order valence-electron chi connectivity index (χ3n) is 5.38. The van der Waals surface area contributed by atoms with Gasteiger partial charge in [-0.3, -0.25) is 9.59 Å². The van der Waals surface area contributed by atoms with Crippen molar-refractivity contribution in [2.75, 3.05) is 31.1 Å². The normalized spacial score (nSPS) is 22.9. The summed E-state index contributed by atoms with van der Waals surface area (Å²) in [5.41, 5.74) is 3.88. The number of benzene rings is 1. The summed E-state index contributed by atoms with van der Waals surface area (Å²) < 4.78 is 0. The standard InChI is InChI=1S/C20H29N3O2/c1-13(2)21-19(24)16-12-17(16)20(25)23-10-8-22(9-11-23)18-7-5-6-14(3)15(18)4/h5-7,13,16-17H,8-12H2,1-4H3,(H,21,24). The van der Waals surface area contributed by atoms with E-state index in [1.165, 1.54) is 16.8 Å². The van der Waals surface area contributed by atoms with E-state index in [4.69, 9.17) is 0 Å². The van der Waals surface area contributed by atoms with E-state index < -0.39 is 0 Å². The summed E-state index contributed by atoms with van der Waals surface area (Å²) in [5, 5.41) is 2.91. The molecule has 25 heavy (non-hydrogen) atoms. The van der Waals surface area contributed by atoms with Crippen LogP contribution in [0.15, 0.2) is 18.2 Å². The van der Waals surface area contributed by atoms with Crippen LogP contribution in [0, 0.1) is 25.7 Å². The van der Waals surface area contributed by atoms with Crippen LogP contribution in [0.3, 0.4) is 0 Å². The second-order valence-electron chi connectivity index (χ2n) is 7.64. The largest absolute Gasteiger partial charge is 0.368 e. The van der Waals surface area contributed by atoms with Gasteiger partial charge in [0.15, 0.2) is 0 Å². The van der Waals surface area contributed by atoms with Gasteiger partial charge >= 0.3 is 0 Å². The highest BCUT2D eigenvalue weighted by Gasteiger charge is 2.49. The predicted molar refractivity (Wildman–Crippen MR) is 99.6 cm³/mol. The van der Waals surface area contributed by atoms with Crippen molar-refractivity contribution in [2.24, 2.45) is 11.8 Å². The van der Waals surface area contributed by atoms with Gasteiger partial charge in [0.05, 0.1) is 11.8 Å². The number of carbonyl (C=O) groups excluding carboxylic acids is 2. The fraction of sp³-hybridized carbons (Fsp3) is 0.600. The van der Waals surface area contributed by atoms with Crippen LogP contribution in [0.1, 0.15) is 31.4 Å². The molecule has 0 spiro atoms. The van der Waals surface area contributed by atoms with Crippen molar-refractivity contribution < 1.29 is 9.59 Å². The molecule has 2 fully saturated rings. The van der Waals surface area contributed by atoms with Crippen molar-refractivity contribution in [1.29, 1.82) is 0 Å². The molecule has 1 aromatic rings. The molecule has 2 amide bonds. The van der Waals surface area contributed by atoms with Crippen LogP contribution < -0.4 is 10.2 Å². The monoisotopic (exact) mass is 343 g/mol. The Hall–Kier alpha value is -2.04. The van der Waals surface area contributed by atoms with Gasteiger partial charge in [-0.1, -0.05) is 12.1 Å². The van der Waals surface area contributed by atoms with Crippen molar-refractivity contribution in [2.45, 2.75) is 40.2 Å². The molecule has 5 heteroatoms. The maximum absolute atomic E-state index is 12.7. The maximum Gasteiger partial charge on any atom is 0.226 e. The van der Waals surface area contributed by atoms with E-state index in [1.807, 2.05) is 18.7 Å². The number of carbonyl (C=O) groups is 2. The number of hydrogen-bond donors (Lipinski definition) is 1. The van der Waals surface area contributed by atoms with Crippen LogP contribution in [-0.2, 0) is 9.59 Å². The fourth-order valence-corrected chi connectivity index (χ4v) is 3.63. The zero-order valence-electron chi connectivity index (χ0n) is 15.7. The van der Waals surface area contributed by atoms with Gasteiger partial charge < -0.3 is 15.1 Å². The van der Waals surface area contributed by atoms with E-state index in [0.717, 1.165) is 26.2 Å². The summed E-state index contributed by atoms with van der Waals surface area (Å²) in [6, 6.07) is 6.52. The maximum atomic E-state index is 12.7. The number of nitrogens with one attached hydrogen (secondary N) is 1. The fourth-order valence-electron chi connectivity index (χ4n) is 3.63. The Balaban J connectivity index is 1.54. The molecule has 2 unspecified atom stereocenters. The number of anilines is 1. The first-order chi connectivity index (χ1) is 11.9. The lowest BCUT2D eigenvalue weighted by molar-refractivity contribution is -0.135. The Bertz CT molecular complexity index is 663. The highest BCUT2D eigenvalue weighted by Crippen LogP contribution is 2.40. The highest BCUT2D eigenvalue weighted by molar-refractivity contribution is 5.92. The third kappa shape index (κ3) is 3.80. The zero-order valence-corrected chi connectivity index (χ0v) is 15.7. The number of nitrogens with zero attached hydrogens (tertiary/aromatic N) is 2. The van der Waals surface area contributed by atoms with E-state index in [0.29, 0.717) is 6.42 Å². The van der Waals surface area contributed by atoms with Crippen molar-refractivity contribution in [1.82, 2.24) is 10.2 Å². The minimum absolute atomic E-state index is 0.0300. The first-order valence-electron chi connectivity index (χ1n) is 9.28. The van der Waals surface area contributed by atoms with Gasteiger partial charge in [0, 0.05) is 37.9 Å². The molecule has 3 rings (SSSR count). The molecule has 5 nitrogen and oxygen atoms in total. The predicted octanol–water partition coefficient (Wildman–Crippen LogP) is 2.11. The lowest BCUT2D eigenvalue weighted by Gasteiger charge is -2.37. The Morgan fingerprint density at radius 2 is 1.76 bits per heavy atom. The molecule has 136 valence electrons. The molecule has 0 bridgehead atoms. The molecule has 2 atom stereocenters. The minimum atomic E-state index is -0.119. The number of aryl methyl sites for hydroxylation is 1. The summed E-state index contributed by atoms with van der Waals surface area (Å²) in [6.45, 7) is 11.4. The number of rotatable bonds is 4. The summed E-state index contributed by atoms with van der Waals surface area (Å²) in [5.74, 6) is -0.0372. The van der Waals surface area contributed by atoms with Crippen molar-refractivity contribution in [3.63, 3.8) is 0 Å². The van der Waals surface area contributed by atoms with Crippen LogP contribution in [0.25, 0.3) is 0 Å². The molecule has 1 aromatic carbocycles. The van der Waals surface area contributed by atoms with Crippen LogP contribution in [0.2, 0.25) is 0 Å². The lowest BCUT2D eigenvalue weighted by atomic mass is 10.1. The summed E-state index contributed by atoms with van der Waals surface area (Å²) in [6.07, 6.45) is 0.703. The van der Waals surface area contributed by atoms with E-state index >= 15 is 0 Å². The van der Waals surface area contributed by atoms with Gasteiger partial charge in [-0.25, -0.2) is 0 Å². The summed E-state index contributed by atoms with van der Waals surface area (Å²) in [4.78, 5) is 29.0. The van der Waals surface area contributed by atoms with E-state index in [9.17, 15) is 9.59 Å². The molecular formula is C20H29N3O2. The van der Waals surface area contributed by atoms with Crippen LogP contribution in [-0.4, -0.2) is 48.9 Å². The molecule has 1 N–H and O–H groups in total. The first-order valence-corrected chi connectivity index (χ1v) is 9.28. The second-order valence-corrected chi connectivity index (χ2v) is 7.64. The Morgan fingerprint density at radius 3 is 2.40 bits per heavy atom.